The summed E-state index contributed by atoms with van der Waals surface area (Å²) in [6.07, 6.45) is 1.43. The molecule has 0 bridgehead atoms. The van der Waals surface area contributed by atoms with Crippen molar-refractivity contribution in [3.63, 3.8) is 0 Å². The SMILES string of the molecule is CCN(CC)S(=O)(=O)c1cccc(C(=O)OCC(=O)N2CCN(C(=O)c3ccco3)CC2)c1. The molecule has 1 fully saturated rings. The van der Waals surface area contributed by atoms with Gasteiger partial charge in [0.15, 0.2) is 12.4 Å². The molecule has 2 aromatic rings. The van der Waals surface area contributed by atoms with Crippen molar-refractivity contribution < 1.29 is 32.0 Å². The molecule has 0 spiro atoms. The number of rotatable bonds is 8. The largest absolute Gasteiger partial charge is 0.459 e. The molecule has 1 saturated heterocycles. The van der Waals surface area contributed by atoms with E-state index in [2.05, 4.69) is 0 Å². The first-order chi connectivity index (χ1) is 15.8. The van der Waals surface area contributed by atoms with Crippen LogP contribution in [0, 0.1) is 0 Å². The van der Waals surface area contributed by atoms with E-state index in [0.29, 0.717) is 39.3 Å². The lowest BCUT2D eigenvalue weighted by molar-refractivity contribution is -0.136. The van der Waals surface area contributed by atoms with Gasteiger partial charge in [-0.05, 0) is 30.3 Å². The summed E-state index contributed by atoms with van der Waals surface area (Å²) < 4.78 is 36.9. The molecule has 1 aromatic heterocycles. The molecule has 0 unspecified atom stereocenters. The van der Waals surface area contributed by atoms with Crippen molar-refractivity contribution in [3.05, 3.63) is 54.0 Å². The second kappa shape index (κ2) is 10.6. The monoisotopic (exact) mass is 477 g/mol. The zero-order valence-electron chi connectivity index (χ0n) is 18.6. The minimum Gasteiger partial charge on any atom is -0.459 e. The fourth-order valence-corrected chi connectivity index (χ4v) is 5.02. The number of hydrogen-bond donors (Lipinski definition) is 0. The number of amides is 2. The number of carbonyl (C=O) groups is 3. The molecule has 3 rings (SSSR count). The Morgan fingerprint density at radius 2 is 1.67 bits per heavy atom. The van der Waals surface area contributed by atoms with E-state index < -0.39 is 22.6 Å². The first-order valence-electron chi connectivity index (χ1n) is 10.7. The first-order valence-corrected chi connectivity index (χ1v) is 12.1. The summed E-state index contributed by atoms with van der Waals surface area (Å²) in [6.45, 7) is 4.90. The smallest absolute Gasteiger partial charge is 0.338 e. The quantitative estimate of drug-likeness (QED) is 0.528. The number of benzene rings is 1. The highest BCUT2D eigenvalue weighted by Gasteiger charge is 2.27. The van der Waals surface area contributed by atoms with E-state index in [1.807, 2.05) is 0 Å². The molecular weight excluding hydrogens is 450 g/mol. The Hall–Kier alpha value is -3.18. The van der Waals surface area contributed by atoms with Gasteiger partial charge in [0.1, 0.15) is 0 Å². The van der Waals surface area contributed by atoms with Crippen LogP contribution in [0.5, 0.6) is 0 Å². The predicted molar refractivity (Wildman–Crippen MR) is 118 cm³/mol. The Labute approximate surface area is 192 Å². The highest BCUT2D eigenvalue weighted by atomic mass is 32.2. The van der Waals surface area contributed by atoms with E-state index in [0.717, 1.165) is 0 Å². The summed E-state index contributed by atoms with van der Waals surface area (Å²) in [4.78, 5) is 40.3. The van der Waals surface area contributed by atoms with E-state index in [1.54, 1.807) is 30.9 Å². The van der Waals surface area contributed by atoms with Gasteiger partial charge < -0.3 is 19.0 Å². The van der Waals surface area contributed by atoms with Crippen molar-refractivity contribution in [2.45, 2.75) is 18.7 Å². The summed E-state index contributed by atoms with van der Waals surface area (Å²) >= 11 is 0. The summed E-state index contributed by atoms with van der Waals surface area (Å²) in [7, 11) is -3.72. The fraction of sp³-hybridized carbons (Fsp3) is 0.409. The molecule has 0 aliphatic carbocycles. The van der Waals surface area contributed by atoms with Crippen LogP contribution in [0.1, 0.15) is 34.8 Å². The van der Waals surface area contributed by atoms with Crippen molar-refractivity contribution in [2.24, 2.45) is 0 Å². The Morgan fingerprint density at radius 3 is 2.27 bits per heavy atom. The lowest BCUT2D eigenvalue weighted by atomic mass is 10.2. The third kappa shape index (κ3) is 5.60. The number of carbonyl (C=O) groups excluding carboxylic acids is 3. The van der Waals surface area contributed by atoms with Crippen LogP contribution in [-0.4, -0.2) is 86.2 Å². The molecule has 0 radical (unpaired) electrons. The maximum atomic E-state index is 12.7. The average Bonchev–Trinajstić information content (AvgIpc) is 3.37. The van der Waals surface area contributed by atoms with Crippen LogP contribution in [0.25, 0.3) is 0 Å². The summed E-state index contributed by atoms with van der Waals surface area (Å²) in [5.41, 5.74) is 0.0462. The Balaban J connectivity index is 1.54. The van der Waals surface area contributed by atoms with Crippen LogP contribution in [0.4, 0.5) is 0 Å². The van der Waals surface area contributed by atoms with Crippen molar-refractivity contribution in [2.75, 3.05) is 45.9 Å². The zero-order valence-corrected chi connectivity index (χ0v) is 19.4. The molecule has 0 saturated carbocycles. The molecule has 2 amide bonds. The zero-order chi connectivity index (χ0) is 24.0. The number of sulfonamides is 1. The standard InChI is InChI=1S/C22H27N3O7S/c1-3-25(4-2)33(29,30)18-8-5-7-17(15-18)22(28)32-16-20(26)23-10-12-24(13-11-23)21(27)19-9-6-14-31-19/h5-9,14-15H,3-4,10-13,16H2,1-2H3. The van der Waals surface area contributed by atoms with Crippen molar-refractivity contribution in [3.8, 4) is 0 Å². The molecule has 33 heavy (non-hydrogen) atoms. The second-order valence-corrected chi connectivity index (χ2v) is 9.28. The van der Waals surface area contributed by atoms with Gasteiger partial charge in [-0.25, -0.2) is 13.2 Å². The number of furan rings is 1. The molecule has 2 heterocycles. The number of hydrogen-bond acceptors (Lipinski definition) is 7. The average molecular weight is 478 g/mol. The highest BCUT2D eigenvalue weighted by molar-refractivity contribution is 7.89. The van der Waals surface area contributed by atoms with Gasteiger partial charge in [0.2, 0.25) is 10.0 Å². The summed E-state index contributed by atoms with van der Waals surface area (Å²) in [6, 6.07) is 8.79. The van der Waals surface area contributed by atoms with Crippen LogP contribution < -0.4 is 0 Å². The number of ether oxygens (including phenoxy) is 1. The van der Waals surface area contributed by atoms with Crippen LogP contribution in [0.2, 0.25) is 0 Å². The number of esters is 1. The lowest BCUT2D eigenvalue weighted by Gasteiger charge is -2.34. The topological polar surface area (TPSA) is 117 Å². The Kier molecular flexibility index (Phi) is 7.88. The van der Waals surface area contributed by atoms with E-state index in [4.69, 9.17) is 9.15 Å². The molecule has 10 nitrogen and oxygen atoms in total. The van der Waals surface area contributed by atoms with E-state index in [1.165, 1.54) is 39.7 Å². The maximum absolute atomic E-state index is 12.7. The number of piperazine rings is 1. The van der Waals surface area contributed by atoms with Crippen molar-refractivity contribution >= 4 is 27.8 Å². The first kappa shape index (κ1) is 24.5. The summed E-state index contributed by atoms with van der Waals surface area (Å²) in [5.74, 6) is -1.17. The van der Waals surface area contributed by atoms with Gasteiger partial charge in [-0.15, -0.1) is 0 Å². The normalized spacial score (nSPS) is 14.4. The van der Waals surface area contributed by atoms with Crippen LogP contribution in [0.3, 0.4) is 0 Å². The Bertz CT molecular complexity index is 1090. The van der Waals surface area contributed by atoms with Gasteiger partial charge in [0.25, 0.3) is 11.8 Å². The van der Waals surface area contributed by atoms with Crippen molar-refractivity contribution in [1.82, 2.24) is 14.1 Å². The lowest BCUT2D eigenvalue weighted by Crippen LogP contribution is -2.51. The molecule has 1 aliphatic rings. The van der Waals surface area contributed by atoms with E-state index in [-0.39, 0.29) is 28.0 Å². The highest BCUT2D eigenvalue weighted by Crippen LogP contribution is 2.17. The van der Waals surface area contributed by atoms with Crippen LogP contribution in [0.15, 0.2) is 52.0 Å². The molecule has 178 valence electrons. The fourth-order valence-electron chi connectivity index (χ4n) is 3.51. The minimum absolute atomic E-state index is 0.00989. The van der Waals surface area contributed by atoms with Gasteiger partial charge in [-0.3, -0.25) is 9.59 Å². The van der Waals surface area contributed by atoms with E-state index >= 15 is 0 Å². The maximum Gasteiger partial charge on any atom is 0.338 e. The predicted octanol–water partition coefficient (Wildman–Crippen LogP) is 1.45. The summed E-state index contributed by atoms with van der Waals surface area (Å²) in [5, 5.41) is 0. The third-order valence-corrected chi connectivity index (χ3v) is 7.44. The van der Waals surface area contributed by atoms with Crippen molar-refractivity contribution in [1.29, 1.82) is 0 Å². The third-order valence-electron chi connectivity index (χ3n) is 5.39. The van der Waals surface area contributed by atoms with Gasteiger partial charge >= 0.3 is 5.97 Å². The van der Waals surface area contributed by atoms with E-state index in [9.17, 15) is 22.8 Å². The molecule has 0 N–H and O–H groups in total. The molecule has 11 heteroatoms. The minimum atomic E-state index is -3.72. The molecular formula is C22H27N3O7S. The molecule has 0 atom stereocenters. The van der Waals surface area contributed by atoms with Crippen LogP contribution in [-0.2, 0) is 19.6 Å². The van der Waals surface area contributed by atoms with Gasteiger partial charge in [0, 0.05) is 39.3 Å². The molecule has 1 aliphatic heterocycles. The number of nitrogens with zero attached hydrogens (tertiary/aromatic N) is 3. The van der Waals surface area contributed by atoms with Crippen LogP contribution >= 0.6 is 0 Å². The van der Waals surface area contributed by atoms with Gasteiger partial charge in [-0.2, -0.15) is 4.31 Å². The van der Waals surface area contributed by atoms with Gasteiger partial charge in [-0.1, -0.05) is 19.9 Å². The molecule has 1 aromatic carbocycles. The van der Waals surface area contributed by atoms with Gasteiger partial charge in [0.05, 0.1) is 16.7 Å². The second-order valence-electron chi connectivity index (χ2n) is 7.34. The Morgan fingerprint density at radius 1 is 1.00 bits per heavy atom.